The molecule has 0 bridgehead atoms. The van der Waals surface area contributed by atoms with Crippen LogP contribution in [-0.2, 0) is 11.3 Å². The lowest BCUT2D eigenvalue weighted by Crippen LogP contribution is -2.42. The predicted molar refractivity (Wildman–Crippen MR) is 122 cm³/mol. The Kier molecular flexibility index (Phi) is 7.63. The number of piperidine rings is 1. The number of anilines is 1. The van der Waals surface area contributed by atoms with Gasteiger partial charge in [0.15, 0.2) is 17.0 Å². The Labute approximate surface area is 189 Å². The molecular weight excluding hydrogens is 412 g/mol. The van der Waals surface area contributed by atoms with Crippen LogP contribution in [-0.4, -0.2) is 70.0 Å². The normalized spacial score (nSPS) is 15.1. The summed E-state index contributed by atoms with van der Waals surface area (Å²) in [6.45, 7) is 10.4. The van der Waals surface area contributed by atoms with Crippen molar-refractivity contribution in [3.63, 3.8) is 0 Å². The van der Waals surface area contributed by atoms with Crippen LogP contribution in [0.15, 0.2) is 0 Å². The lowest BCUT2D eigenvalue weighted by Gasteiger charge is -2.33. The summed E-state index contributed by atoms with van der Waals surface area (Å²) >= 11 is 0. The van der Waals surface area contributed by atoms with Gasteiger partial charge in [0.25, 0.3) is 6.01 Å². The van der Waals surface area contributed by atoms with Crippen molar-refractivity contribution in [1.82, 2.24) is 24.4 Å². The van der Waals surface area contributed by atoms with E-state index in [0.717, 1.165) is 25.7 Å². The van der Waals surface area contributed by atoms with Crippen LogP contribution in [0.1, 0.15) is 53.4 Å². The van der Waals surface area contributed by atoms with Crippen molar-refractivity contribution in [1.29, 1.82) is 0 Å². The van der Waals surface area contributed by atoms with Crippen molar-refractivity contribution < 1.29 is 19.0 Å². The maximum atomic E-state index is 12.4. The predicted octanol–water partition coefficient (Wildman–Crippen LogP) is 3.70. The van der Waals surface area contributed by atoms with E-state index in [9.17, 15) is 4.79 Å². The van der Waals surface area contributed by atoms with E-state index in [1.807, 2.05) is 25.3 Å². The molecule has 32 heavy (non-hydrogen) atoms. The summed E-state index contributed by atoms with van der Waals surface area (Å²) in [6.07, 6.45) is 3.46. The standard InChI is InChI=1S/C22H36N6O4/c1-7-8-13-31-19-25-17(23-5)16-18(26-19)28(20(24-16)30-6)14-15-9-11-27(12-10-15)21(29)32-22(2,3)4/h15H,7-14H2,1-6H3,(H,23,25,26). The molecule has 1 fully saturated rings. The second kappa shape index (κ2) is 10.2. The number of imidazole rings is 1. The topological polar surface area (TPSA) is 104 Å². The van der Waals surface area contributed by atoms with E-state index in [0.29, 0.717) is 61.2 Å². The van der Waals surface area contributed by atoms with Crippen molar-refractivity contribution in [2.24, 2.45) is 5.92 Å². The lowest BCUT2D eigenvalue weighted by molar-refractivity contribution is 0.0177. The van der Waals surface area contributed by atoms with E-state index in [-0.39, 0.29) is 6.09 Å². The molecule has 0 spiro atoms. The third-order valence-corrected chi connectivity index (χ3v) is 5.39. The Morgan fingerprint density at radius 1 is 1.19 bits per heavy atom. The summed E-state index contributed by atoms with van der Waals surface area (Å²) < 4.78 is 18.8. The number of unbranched alkanes of at least 4 members (excludes halogenated alkanes) is 1. The molecule has 178 valence electrons. The first-order chi connectivity index (χ1) is 15.3. The fourth-order valence-corrected chi connectivity index (χ4v) is 3.71. The molecule has 0 radical (unpaired) electrons. The van der Waals surface area contributed by atoms with E-state index < -0.39 is 5.60 Å². The fourth-order valence-electron chi connectivity index (χ4n) is 3.71. The minimum absolute atomic E-state index is 0.248. The summed E-state index contributed by atoms with van der Waals surface area (Å²) in [6, 6.07) is 0.824. The first-order valence-electron chi connectivity index (χ1n) is 11.4. The number of nitrogens with zero attached hydrogens (tertiary/aromatic N) is 5. The molecule has 10 nitrogen and oxygen atoms in total. The summed E-state index contributed by atoms with van der Waals surface area (Å²) in [5, 5.41) is 3.09. The second-order valence-corrected chi connectivity index (χ2v) is 9.10. The Bertz CT molecular complexity index is 915. The molecule has 2 aromatic heterocycles. The van der Waals surface area contributed by atoms with Gasteiger partial charge in [0.2, 0.25) is 0 Å². The van der Waals surface area contributed by atoms with E-state index in [1.54, 1.807) is 19.1 Å². The Balaban J connectivity index is 1.76. The van der Waals surface area contributed by atoms with Crippen LogP contribution in [0, 0.1) is 5.92 Å². The quantitative estimate of drug-likeness (QED) is 0.610. The molecule has 1 aliphatic heterocycles. The van der Waals surface area contributed by atoms with Crippen molar-refractivity contribution in [2.75, 3.05) is 39.2 Å². The minimum Gasteiger partial charge on any atom is -0.468 e. The molecule has 1 saturated heterocycles. The molecule has 1 aliphatic rings. The first kappa shape index (κ1) is 23.9. The highest BCUT2D eigenvalue weighted by molar-refractivity contribution is 5.84. The summed E-state index contributed by atoms with van der Waals surface area (Å²) in [4.78, 5) is 27.8. The van der Waals surface area contributed by atoms with Crippen LogP contribution in [0.3, 0.4) is 0 Å². The largest absolute Gasteiger partial charge is 0.468 e. The SMILES string of the molecule is CCCCOc1nc(NC)c2nc(OC)n(CC3CCN(C(=O)OC(C)(C)C)CC3)c2n1. The molecule has 1 amide bonds. The van der Waals surface area contributed by atoms with Gasteiger partial charge in [-0.3, -0.25) is 4.57 Å². The van der Waals surface area contributed by atoms with Gasteiger partial charge >= 0.3 is 12.1 Å². The number of amides is 1. The zero-order valence-corrected chi connectivity index (χ0v) is 20.1. The average Bonchev–Trinajstić information content (AvgIpc) is 3.10. The number of ether oxygens (including phenoxy) is 3. The molecule has 3 rings (SSSR count). The molecule has 0 saturated carbocycles. The van der Waals surface area contributed by atoms with E-state index in [1.165, 1.54) is 0 Å². The number of methoxy groups -OCH3 is 1. The molecule has 0 atom stereocenters. The molecule has 0 aromatic carbocycles. The maximum absolute atomic E-state index is 12.4. The molecule has 1 N–H and O–H groups in total. The molecule has 10 heteroatoms. The van der Waals surface area contributed by atoms with Crippen molar-refractivity contribution in [3.8, 4) is 12.0 Å². The van der Waals surface area contributed by atoms with Gasteiger partial charge in [0, 0.05) is 26.7 Å². The number of aromatic nitrogens is 4. The van der Waals surface area contributed by atoms with Gasteiger partial charge < -0.3 is 24.4 Å². The van der Waals surface area contributed by atoms with Crippen LogP contribution < -0.4 is 14.8 Å². The Morgan fingerprint density at radius 3 is 2.50 bits per heavy atom. The van der Waals surface area contributed by atoms with Gasteiger partial charge in [0.1, 0.15) is 5.60 Å². The van der Waals surface area contributed by atoms with Crippen molar-refractivity contribution in [3.05, 3.63) is 0 Å². The third-order valence-electron chi connectivity index (χ3n) is 5.39. The summed E-state index contributed by atoms with van der Waals surface area (Å²) in [7, 11) is 3.41. The first-order valence-corrected chi connectivity index (χ1v) is 11.4. The number of rotatable bonds is 8. The zero-order chi connectivity index (χ0) is 23.3. The summed E-state index contributed by atoms with van der Waals surface area (Å²) in [5.41, 5.74) is 0.846. The molecular formula is C22H36N6O4. The van der Waals surface area contributed by atoms with Crippen molar-refractivity contribution >= 4 is 23.1 Å². The Hall–Kier alpha value is -2.78. The Morgan fingerprint density at radius 2 is 1.91 bits per heavy atom. The van der Waals surface area contributed by atoms with Gasteiger partial charge in [-0.05, 0) is 46.0 Å². The fraction of sp³-hybridized carbons (Fsp3) is 0.727. The number of carbonyl (C=O) groups excluding carboxylic acids is 1. The van der Waals surface area contributed by atoms with Gasteiger partial charge in [-0.15, -0.1) is 0 Å². The van der Waals surface area contributed by atoms with Gasteiger partial charge in [0.05, 0.1) is 13.7 Å². The monoisotopic (exact) mass is 448 g/mol. The van der Waals surface area contributed by atoms with Crippen LogP contribution in [0.25, 0.3) is 11.2 Å². The summed E-state index contributed by atoms with van der Waals surface area (Å²) in [5.74, 6) is 0.968. The smallest absolute Gasteiger partial charge is 0.410 e. The second-order valence-electron chi connectivity index (χ2n) is 9.10. The van der Waals surface area contributed by atoms with E-state index in [2.05, 4.69) is 27.2 Å². The highest BCUT2D eigenvalue weighted by atomic mass is 16.6. The van der Waals surface area contributed by atoms with Crippen LogP contribution >= 0.6 is 0 Å². The number of fused-ring (bicyclic) bond motifs is 1. The third kappa shape index (κ3) is 5.72. The number of likely N-dealkylation sites (tertiary alicyclic amines) is 1. The molecule has 0 unspecified atom stereocenters. The van der Waals surface area contributed by atoms with Gasteiger partial charge in [-0.1, -0.05) is 13.3 Å². The van der Waals surface area contributed by atoms with Gasteiger partial charge in [-0.2, -0.15) is 15.0 Å². The zero-order valence-electron chi connectivity index (χ0n) is 20.1. The lowest BCUT2D eigenvalue weighted by atomic mass is 9.97. The van der Waals surface area contributed by atoms with Crippen LogP contribution in [0.2, 0.25) is 0 Å². The number of hydrogen-bond donors (Lipinski definition) is 1. The van der Waals surface area contributed by atoms with E-state index in [4.69, 9.17) is 14.2 Å². The number of carbonyl (C=O) groups is 1. The molecule has 0 aliphatic carbocycles. The molecule has 3 heterocycles. The minimum atomic E-state index is -0.487. The van der Waals surface area contributed by atoms with Crippen LogP contribution in [0.5, 0.6) is 12.0 Å². The number of nitrogens with one attached hydrogen (secondary N) is 1. The van der Waals surface area contributed by atoms with E-state index >= 15 is 0 Å². The number of hydrogen-bond acceptors (Lipinski definition) is 8. The van der Waals surface area contributed by atoms with Crippen LogP contribution in [0.4, 0.5) is 10.6 Å². The maximum Gasteiger partial charge on any atom is 0.410 e. The average molecular weight is 449 g/mol. The van der Waals surface area contributed by atoms with Gasteiger partial charge in [-0.25, -0.2) is 4.79 Å². The molecule has 2 aromatic rings. The highest BCUT2D eigenvalue weighted by Crippen LogP contribution is 2.30. The van der Waals surface area contributed by atoms with Crippen molar-refractivity contribution in [2.45, 2.75) is 65.5 Å². The highest BCUT2D eigenvalue weighted by Gasteiger charge is 2.28.